The van der Waals surface area contributed by atoms with Gasteiger partial charge < -0.3 is 15.4 Å². The number of nitrogens with zero attached hydrogens (tertiary/aromatic N) is 5. The van der Waals surface area contributed by atoms with E-state index in [1.165, 1.54) is 25.1 Å². The molecule has 2 aromatic rings. The summed E-state index contributed by atoms with van der Waals surface area (Å²) in [4.78, 5) is 8.99. The van der Waals surface area contributed by atoms with Crippen LogP contribution in [0.15, 0.2) is 18.3 Å². The summed E-state index contributed by atoms with van der Waals surface area (Å²) in [6.07, 6.45) is 1.08. The molecule has 7 nitrogen and oxygen atoms in total. The van der Waals surface area contributed by atoms with Crippen LogP contribution < -0.4 is 10.5 Å². The standard InChI is InChI=1S/C25H37F3N6O/c1-16(2)34-21(12-18-11-20(10-17(18)3)33-7-5-6-32(4)8-9-33)14-22(31-34)19-13-23(24(29)30-15-19)35-25(26,27)28/h13-18,20H,5-12H2,1-4H3,(H2,29,30)/t17-,18-,20?/m0/s1. The Labute approximate surface area is 205 Å². The van der Waals surface area contributed by atoms with Crippen molar-refractivity contribution in [3.8, 4) is 17.0 Å². The number of rotatable bonds is 6. The van der Waals surface area contributed by atoms with Crippen molar-refractivity contribution in [3.63, 3.8) is 0 Å². The van der Waals surface area contributed by atoms with E-state index in [-0.39, 0.29) is 11.9 Å². The number of hydrogen-bond donors (Lipinski definition) is 1. The van der Waals surface area contributed by atoms with E-state index in [0.717, 1.165) is 44.7 Å². The van der Waals surface area contributed by atoms with Gasteiger partial charge in [0, 0.05) is 42.6 Å². The smallest absolute Gasteiger partial charge is 0.402 e. The molecule has 1 aliphatic carbocycles. The minimum absolute atomic E-state index is 0.125. The quantitative estimate of drug-likeness (QED) is 0.633. The molecule has 2 aliphatic rings. The van der Waals surface area contributed by atoms with Crippen LogP contribution >= 0.6 is 0 Å². The van der Waals surface area contributed by atoms with Crippen LogP contribution in [0.2, 0.25) is 0 Å². The largest absolute Gasteiger partial charge is 0.573 e. The molecule has 0 amide bonds. The summed E-state index contributed by atoms with van der Waals surface area (Å²) in [5.74, 6) is 0.327. The van der Waals surface area contributed by atoms with E-state index in [2.05, 4.69) is 47.3 Å². The fourth-order valence-electron chi connectivity index (χ4n) is 5.56. The molecule has 0 spiro atoms. The van der Waals surface area contributed by atoms with Crippen molar-refractivity contribution in [2.24, 2.45) is 11.8 Å². The van der Waals surface area contributed by atoms with Crippen LogP contribution in [-0.4, -0.2) is 70.2 Å². The maximum atomic E-state index is 12.8. The van der Waals surface area contributed by atoms with Crippen LogP contribution in [0.25, 0.3) is 11.3 Å². The zero-order valence-electron chi connectivity index (χ0n) is 21.1. The van der Waals surface area contributed by atoms with Crippen molar-refractivity contribution in [2.75, 3.05) is 39.0 Å². The summed E-state index contributed by atoms with van der Waals surface area (Å²) in [7, 11) is 2.20. The molecule has 1 unspecified atom stereocenters. The maximum Gasteiger partial charge on any atom is 0.573 e. The highest BCUT2D eigenvalue weighted by molar-refractivity contribution is 5.64. The van der Waals surface area contributed by atoms with Crippen molar-refractivity contribution < 1.29 is 17.9 Å². The summed E-state index contributed by atoms with van der Waals surface area (Å²) in [5, 5.41) is 4.73. The third-order valence-electron chi connectivity index (χ3n) is 7.47. The van der Waals surface area contributed by atoms with Crippen LogP contribution in [0.5, 0.6) is 5.75 Å². The summed E-state index contributed by atoms with van der Waals surface area (Å²) < 4.78 is 44.3. The SMILES string of the molecule is CC(C)n1nc(-c2cnc(N)c(OC(F)(F)F)c2)cc1C[C@@H]1CC(N2CCCN(C)CC2)C[C@@H]1C. The molecule has 194 valence electrons. The highest BCUT2D eigenvalue weighted by Crippen LogP contribution is 2.38. The molecule has 2 fully saturated rings. The molecule has 3 heterocycles. The lowest BCUT2D eigenvalue weighted by Gasteiger charge is -2.27. The van der Waals surface area contributed by atoms with Crippen LogP contribution in [0.4, 0.5) is 19.0 Å². The number of ether oxygens (including phenoxy) is 1. The molecule has 1 saturated carbocycles. The normalized spacial score (nSPS) is 24.7. The van der Waals surface area contributed by atoms with E-state index in [0.29, 0.717) is 29.1 Å². The first kappa shape index (κ1) is 25.8. The Hall–Kier alpha value is -2.33. The van der Waals surface area contributed by atoms with Crippen LogP contribution in [0.1, 0.15) is 51.8 Å². The van der Waals surface area contributed by atoms with Crippen molar-refractivity contribution >= 4 is 5.82 Å². The van der Waals surface area contributed by atoms with Crippen molar-refractivity contribution in [2.45, 2.75) is 64.9 Å². The number of nitrogen functional groups attached to an aromatic ring is 1. The third kappa shape index (κ3) is 6.27. The molecule has 1 saturated heterocycles. The number of likely N-dealkylation sites (N-methyl/N-ethyl adjacent to an activating group) is 1. The van der Waals surface area contributed by atoms with Gasteiger partial charge in [0.15, 0.2) is 11.6 Å². The van der Waals surface area contributed by atoms with Gasteiger partial charge in [0.2, 0.25) is 0 Å². The second-order valence-electron chi connectivity index (χ2n) is 10.5. The van der Waals surface area contributed by atoms with Crippen molar-refractivity contribution in [3.05, 3.63) is 24.0 Å². The highest BCUT2D eigenvalue weighted by atomic mass is 19.4. The molecular weight excluding hydrogens is 457 g/mol. The van der Waals surface area contributed by atoms with E-state index in [4.69, 9.17) is 10.8 Å². The van der Waals surface area contributed by atoms with Gasteiger partial charge in [-0.3, -0.25) is 9.58 Å². The van der Waals surface area contributed by atoms with Gasteiger partial charge >= 0.3 is 6.36 Å². The van der Waals surface area contributed by atoms with Gasteiger partial charge in [0.25, 0.3) is 0 Å². The van der Waals surface area contributed by atoms with E-state index in [9.17, 15) is 13.2 Å². The van der Waals surface area contributed by atoms with Gasteiger partial charge in [-0.25, -0.2) is 4.98 Å². The number of halogens is 3. The first-order valence-corrected chi connectivity index (χ1v) is 12.5. The van der Waals surface area contributed by atoms with Gasteiger partial charge in [-0.15, -0.1) is 13.2 Å². The van der Waals surface area contributed by atoms with Gasteiger partial charge in [0.1, 0.15) is 0 Å². The first-order chi connectivity index (χ1) is 16.5. The molecule has 0 aromatic carbocycles. The zero-order chi connectivity index (χ0) is 25.3. The summed E-state index contributed by atoms with van der Waals surface area (Å²) >= 11 is 0. The molecule has 4 rings (SSSR count). The Bertz CT molecular complexity index is 1010. The van der Waals surface area contributed by atoms with E-state index in [1.807, 2.05) is 10.7 Å². The van der Waals surface area contributed by atoms with E-state index >= 15 is 0 Å². The topological polar surface area (TPSA) is 72.4 Å². The average molecular weight is 495 g/mol. The molecule has 3 atom stereocenters. The second-order valence-corrected chi connectivity index (χ2v) is 10.5. The van der Waals surface area contributed by atoms with Crippen LogP contribution in [-0.2, 0) is 6.42 Å². The predicted molar refractivity (Wildman–Crippen MR) is 130 cm³/mol. The Morgan fingerprint density at radius 2 is 1.91 bits per heavy atom. The Balaban J connectivity index is 1.52. The molecule has 35 heavy (non-hydrogen) atoms. The minimum atomic E-state index is -4.84. The number of aromatic nitrogens is 3. The summed E-state index contributed by atoms with van der Waals surface area (Å²) in [6, 6.07) is 3.97. The summed E-state index contributed by atoms with van der Waals surface area (Å²) in [6.45, 7) is 11.0. The van der Waals surface area contributed by atoms with Crippen LogP contribution in [0.3, 0.4) is 0 Å². The molecule has 0 radical (unpaired) electrons. The number of alkyl halides is 3. The number of nitrogens with two attached hydrogens (primary N) is 1. The average Bonchev–Trinajstić information content (AvgIpc) is 3.28. The van der Waals surface area contributed by atoms with E-state index < -0.39 is 12.1 Å². The summed E-state index contributed by atoms with van der Waals surface area (Å²) in [5.41, 5.74) is 7.73. The molecule has 0 bridgehead atoms. The Kier molecular flexibility index (Phi) is 7.61. The molecular formula is C25H37F3N6O. The fourth-order valence-corrected chi connectivity index (χ4v) is 5.56. The maximum absolute atomic E-state index is 12.8. The van der Waals surface area contributed by atoms with Crippen molar-refractivity contribution in [1.82, 2.24) is 24.6 Å². The van der Waals surface area contributed by atoms with Gasteiger partial charge in [-0.2, -0.15) is 5.10 Å². The Morgan fingerprint density at radius 3 is 2.63 bits per heavy atom. The molecule has 2 aromatic heterocycles. The van der Waals surface area contributed by atoms with Gasteiger partial charge in [-0.05, 0) is 83.6 Å². The predicted octanol–water partition coefficient (Wildman–Crippen LogP) is 4.60. The molecule has 10 heteroatoms. The van der Waals surface area contributed by atoms with Crippen molar-refractivity contribution in [1.29, 1.82) is 0 Å². The highest BCUT2D eigenvalue weighted by Gasteiger charge is 2.36. The zero-order valence-corrected chi connectivity index (χ0v) is 21.1. The van der Waals surface area contributed by atoms with Gasteiger partial charge in [-0.1, -0.05) is 6.92 Å². The van der Waals surface area contributed by atoms with E-state index in [1.54, 1.807) is 0 Å². The molecule has 1 aliphatic heterocycles. The fraction of sp³-hybridized carbons (Fsp3) is 0.680. The van der Waals surface area contributed by atoms with Gasteiger partial charge in [0.05, 0.1) is 5.69 Å². The monoisotopic (exact) mass is 494 g/mol. The lowest BCUT2D eigenvalue weighted by Crippen LogP contribution is -2.36. The second kappa shape index (κ2) is 10.3. The lowest BCUT2D eigenvalue weighted by atomic mass is 9.93. The minimum Gasteiger partial charge on any atom is -0.402 e. The first-order valence-electron chi connectivity index (χ1n) is 12.5. The number of hydrogen-bond acceptors (Lipinski definition) is 6. The third-order valence-corrected chi connectivity index (χ3v) is 7.47. The lowest BCUT2D eigenvalue weighted by molar-refractivity contribution is -0.274. The number of pyridine rings is 1. The number of anilines is 1. The van der Waals surface area contributed by atoms with Crippen LogP contribution in [0, 0.1) is 11.8 Å². The Morgan fingerprint density at radius 1 is 1.14 bits per heavy atom. The molecule has 2 N–H and O–H groups in total.